The minimum Gasteiger partial charge on any atom is -0.313 e. The largest absolute Gasteiger partial charge is 0.313 e. The van der Waals surface area contributed by atoms with Crippen molar-refractivity contribution in [1.29, 1.82) is 0 Å². The Labute approximate surface area is 179 Å². The molecule has 2 atom stereocenters. The molecule has 0 aliphatic heterocycles. The topological polar surface area (TPSA) is 48.0 Å². The smallest absolute Gasteiger partial charge is 0.215 e. The number of rotatable bonds is 7. The van der Waals surface area contributed by atoms with Gasteiger partial charge in [-0.05, 0) is 54.1 Å². The van der Waals surface area contributed by atoms with E-state index >= 15 is 0 Å². The summed E-state index contributed by atoms with van der Waals surface area (Å²) in [7, 11) is 0. The Kier molecular flexibility index (Phi) is 5.89. The van der Waals surface area contributed by atoms with Crippen LogP contribution in [0.5, 0.6) is 0 Å². The van der Waals surface area contributed by atoms with E-state index in [4.69, 9.17) is 0 Å². The molecule has 0 aliphatic rings. The summed E-state index contributed by atoms with van der Waals surface area (Å²) in [5.41, 5.74) is 1.13. The predicted octanol–water partition coefficient (Wildman–Crippen LogP) is 3.93. The molecule has 1 aromatic carbocycles. The summed E-state index contributed by atoms with van der Waals surface area (Å²) in [6.45, 7) is 8.27. The molecular formula is C22H26N5S2+. The van der Waals surface area contributed by atoms with E-state index in [1.54, 1.807) is 11.3 Å². The Morgan fingerprint density at radius 1 is 0.931 bits per heavy atom. The number of nitrogens with one attached hydrogen (secondary N) is 1. The molecule has 0 saturated heterocycles. The molecule has 150 valence electrons. The van der Waals surface area contributed by atoms with Gasteiger partial charge in [-0.3, -0.25) is 0 Å². The van der Waals surface area contributed by atoms with Crippen molar-refractivity contribution in [2.75, 3.05) is 0 Å². The van der Waals surface area contributed by atoms with Crippen molar-refractivity contribution < 1.29 is 4.90 Å². The van der Waals surface area contributed by atoms with Gasteiger partial charge in [-0.25, -0.2) is 4.68 Å². The van der Waals surface area contributed by atoms with Crippen molar-refractivity contribution >= 4 is 22.7 Å². The molecule has 0 fully saturated rings. The van der Waals surface area contributed by atoms with E-state index < -0.39 is 0 Å². The third kappa shape index (κ3) is 4.63. The van der Waals surface area contributed by atoms with Crippen molar-refractivity contribution in [2.45, 2.75) is 45.4 Å². The Hall–Kier alpha value is -2.35. The molecule has 29 heavy (non-hydrogen) atoms. The van der Waals surface area contributed by atoms with E-state index in [0.717, 1.165) is 18.9 Å². The SMILES string of the molecule is CC(C)(C)n1nnnc1[C@H](c1cccs1)[NH+](Cc1ccccc1)Cc1cccs1. The van der Waals surface area contributed by atoms with Crippen LogP contribution in [0.1, 0.15) is 48.0 Å². The molecule has 3 heterocycles. The van der Waals surface area contributed by atoms with Crippen LogP contribution in [0.15, 0.2) is 65.4 Å². The summed E-state index contributed by atoms with van der Waals surface area (Å²) in [5, 5.41) is 17.2. The lowest BCUT2D eigenvalue weighted by Crippen LogP contribution is -3.10. The molecule has 1 unspecified atom stereocenters. The first-order valence-corrected chi connectivity index (χ1v) is 11.5. The molecule has 7 heteroatoms. The fraction of sp³-hybridized carbons (Fsp3) is 0.318. The minimum atomic E-state index is -0.185. The molecule has 0 aliphatic carbocycles. The quantitative estimate of drug-likeness (QED) is 0.489. The maximum absolute atomic E-state index is 4.52. The summed E-state index contributed by atoms with van der Waals surface area (Å²) in [5.74, 6) is 0.919. The van der Waals surface area contributed by atoms with Crippen LogP contribution in [-0.2, 0) is 18.6 Å². The van der Waals surface area contributed by atoms with Gasteiger partial charge >= 0.3 is 0 Å². The fourth-order valence-electron chi connectivity index (χ4n) is 3.58. The Morgan fingerprint density at radius 2 is 1.69 bits per heavy atom. The molecule has 0 radical (unpaired) electrons. The van der Waals surface area contributed by atoms with Gasteiger partial charge in [0.25, 0.3) is 0 Å². The van der Waals surface area contributed by atoms with Gasteiger partial charge in [0, 0.05) is 5.56 Å². The second kappa shape index (κ2) is 8.57. The highest BCUT2D eigenvalue weighted by Gasteiger charge is 2.35. The molecule has 0 saturated carbocycles. The third-order valence-corrected chi connectivity index (χ3v) is 6.69. The van der Waals surface area contributed by atoms with Gasteiger partial charge in [-0.1, -0.05) is 42.5 Å². The molecule has 4 aromatic rings. The second-order valence-electron chi connectivity index (χ2n) is 8.14. The maximum Gasteiger partial charge on any atom is 0.215 e. The normalized spacial score (nSPS) is 14.0. The van der Waals surface area contributed by atoms with Crippen LogP contribution in [0.3, 0.4) is 0 Å². The number of quaternary nitrogens is 1. The lowest BCUT2D eigenvalue weighted by atomic mass is 10.1. The third-order valence-electron chi connectivity index (χ3n) is 4.88. The molecule has 1 N–H and O–H groups in total. The van der Waals surface area contributed by atoms with Crippen LogP contribution in [0.25, 0.3) is 0 Å². The summed E-state index contributed by atoms with van der Waals surface area (Å²) in [6, 6.07) is 19.4. The fourth-order valence-corrected chi connectivity index (χ4v) is 5.22. The van der Waals surface area contributed by atoms with Crippen LogP contribution in [0.4, 0.5) is 0 Å². The average Bonchev–Trinajstić information content (AvgIpc) is 3.45. The molecule has 0 amide bonds. The first-order chi connectivity index (χ1) is 14.0. The molecule has 4 rings (SSSR count). The molecule has 3 aromatic heterocycles. The maximum atomic E-state index is 4.52. The van der Waals surface area contributed by atoms with E-state index in [-0.39, 0.29) is 11.6 Å². The Bertz CT molecular complexity index is 1000. The number of nitrogens with zero attached hydrogens (tertiary/aromatic N) is 4. The van der Waals surface area contributed by atoms with Crippen LogP contribution < -0.4 is 4.90 Å². The van der Waals surface area contributed by atoms with Crippen LogP contribution >= 0.6 is 22.7 Å². The van der Waals surface area contributed by atoms with Crippen molar-refractivity contribution in [3.05, 3.63) is 86.5 Å². The number of aromatic nitrogens is 4. The van der Waals surface area contributed by atoms with E-state index in [2.05, 4.69) is 102 Å². The zero-order valence-corrected chi connectivity index (χ0v) is 18.6. The van der Waals surface area contributed by atoms with Gasteiger partial charge in [-0.2, -0.15) is 0 Å². The first kappa shape index (κ1) is 19.9. The zero-order valence-electron chi connectivity index (χ0n) is 16.9. The number of thiophene rings is 2. The van der Waals surface area contributed by atoms with Gasteiger partial charge in [0.15, 0.2) is 6.04 Å². The van der Waals surface area contributed by atoms with Crippen molar-refractivity contribution in [3.63, 3.8) is 0 Å². The van der Waals surface area contributed by atoms with Gasteiger partial charge in [-0.15, -0.1) is 27.8 Å². The highest BCUT2D eigenvalue weighted by atomic mass is 32.1. The van der Waals surface area contributed by atoms with Crippen molar-refractivity contribution in [2.24, 2.45) is 0 Å². The van der Waals surface area contributed by atoms with E-state index in [0.29, 0.717) is 0 Å². The van der Waals surface area contributed by atoms with Gasteiger partial charge in [0.2, 0.25) is 5.82 Å². The van der Waals surface area contributed by atoms with E-state index in [1.807, 2.05) is 16.0 Å². The standard InChI is InChI=1S/C22H25N5S2/c1-22(2,3)27-21(23-24-25-27)20(19-12-8-14-29-19)26(16-18-11-7-13-28-18)15-17-9-5-4-6-10-17/h4-14,20H,15-16H2,1-3H3/p+1/t20-/m0/s1. The number of hydrogen-bond acceptors (Lipinski definition) is 5. The highest BCUT2D eigenvalue weighted by Crippen LogP contribution is 2.26. The number of tetrazole rings is 1. The van der Waals surface area contributed by atoms with Gasteiger partial charge in [0.05, 0.1) is 15.3 Å². The summed E-state index contributed by atoms with van der Waals surface area (Å²) < 4.78 is 1.98. The van der Waals surface area contributed by atoms with Crippen LogP contribution in [0, 0.1) is 0 Å². The van der Waals surface area contributed by atoms with E-state index in [9.17, 15) is 0 Å². The number of benzene rings is 1. The molecular weight excluding hydrogens is 398 g/mol. The van der Waals surface area contributed by atoms with Gasteiger partial charge < -0.3 is 4.90 Å². The summed E-state index contributed by atoms with van der Waals surface area (Å²) in [4.78, 5) is 4.07. The lowest BCUT2D eigenvalue weighted by Gasteiger charge is -2.29. The first-order valence-electron chi connectivity index (χ1n) is 9.75. The summed E-state index contributed by atoms with van der Waals surface area (Å²) in [6.07, 6.45) is 0. The second-order valence-corrected chi connectivity index (χ2v) is 10.2. The molecule has 5 nitrogen and oxygen atoms in total. The highest BCUT2D eigenvalue weighted by molar-refractivity contribution is 7.10. The Morgan fingerprint density at radius 3 is 2.34 bits per heavy atom. The number of hydrogen-bond donors (Lipinski definition) is 1. The van der Waals surface area contributed by atoms with Crippen molar-refractivity contribution in [3.8, 4) is 0 Å². The van der Waals surface area contributed by atoms with Crippen molar-refractivity contribution in [1.82, 2.24) is 20.2 Å². The summed E-state index contributed by atoms with van der Waals surface area (Å²) >= 11 is 3.58. The molecule has 0 spiro atoms. The molecule has 0 bridgehead atoms. The monoisotopic (exact) mass is 424 g/mol. The van der Waals surface area contributed by atoms with Gasteiger partial charge in [0.1, 0.15) is 13.1 Å². The minimum absolute atomic E-state index is 0.0616. The van der Waals surface area contributed by atoms with Crippen LogP contribution in [-0.4, -0.2) is 20.2 Å². The lowest BCUT2D eigenvalue weighted by molar-refractivity contribution is -0.952. The van der Waals surface area contributed by atoms with E-state index in [1.165, 1.54) is 20.2 Å². The average molecular weight is 425 g/mol. The predicted molar refractivity (Wildman–Crippen MR) is 118 cm³/mol. The van der Waals surface area contributed by atoms with Crippen LogP contribution in [0.2, 0.25) is 0 Å². The Balaban J connectivity index is 1.79. The zero-order chi connectivity index (χ0) is 20.3.